The van der Waals surface area contributed by atoms with Crippen LogP contribution in [0.4, 0.5) is 5.82 Å². The van der Waals surface area contributed by atoms with Gasteiger partial charge in [0.25, 0.3) is 17.7 Å². The van der Waals surface area contributed by atoms with Gasteiger partial charge in [0.05, 0.1) is 35.1 Å². The number of hydrogen-bond donors (Lipinski definition) is 0. The largest absolute Gasteiger partial charge is 0.456 e. The van der Waals surface area contributed by atoms with Crippen LogP contribution < -0.4 is 4.90 Å². The molecular formula is C36H31N5O7. The van der Waals surface area contributed by atoms with Gasteiger partial charge in [-0.15, -0.1) is 0 Å². The molecule has 0 N–H and O–H groups in total. The van der Waals surface area contributed by atoms with Gasteiger partial charge in [0, 0.05) is 17.6 Å². The molecular weight excluding hydrogens is 614 g/mol. The van der Waals surface area contributed by atoms with Gasteiger partial charge in [-0.25, -0.2) is 14.9 Å². The first kappa shape index (κ1) is 30.9. The Balaban J connectivity index is 1.26. The second-order valence-electron chi connectivity index (χ2n) is 12.2. The molecule has 0 radical (unpaired) electrons. The summed E-state index contributed by atoms with van der Waals surface area (Å²) in [6, 6.07) is 20.7. The lowest BCUT2D eigenvalue weighted by atomic mass is 9.98. The van der Waals surface area contributed by atoms with Gasteiger partial charge < -0.3 is 14.0 Å². The minimum Gasteiger partial charge on any atom is -0.456 e. The van der Waals surface area contributed by atoms with Crippen molar-refractivity contribution in [3.63, 3.8) is 0 Å². The van der Waals surface area contributed by atoms with Gasteiger partial charge in [-0.05, 0) is 50.6 Å². The third-order valence-corrected chi connectivity index (χ3v) is 8.44. The van der Waals surface area contributed by atoms with Crippen molar-refractivity contribution in [3.05, 3.63) is 101 Å². The molecule has 0 saturated heterocycles. The van der Waals surface area contributed by atoms with Crippen LogP contribution in [0.5, 0.6) is 0 Å². The van der Waals surface area contributed by atoms with Crippen molar-refractivity contribution in [1.29, 1.82) is 0 Å². The molecule has 0 bridgehead atoms. The van der Waals surface area contributed by atoms with E-state index >= 15 is 0 Å². The highest BCUT2D eigenvalue weighted by molar-refractivity contribution is 6.35. The van der Waals surface area contributed by atoms with Crippen molar-refractivity contribution >= 4 is 57.4 Å². The lowest BCUT2D eigenvalue weighted by molar-refractivity contribution is -0.160. The van der Waals surface area contributed by atoms with Gasteiger partial charge in [0.15, 0.2) is 5.82 Å². The Morgan fingerprint density at radius 3 is 2.19 bits per heavy atom. The maximum absolute atomic E-state index is 13.6. The molecule has 7 rings (SSSR count). The summed E-state index contributed by atoms with van der Waals surface area (Å²) in [4.78, 5) is 77.9. The second kappa shape index (κ2) is 11.8. The van der Waals surface area contributed by atoms with Crippen LogP contribution in [0, 0.1) is 0 Å². The molecule has 0 unspecified atom stereocenters. The highest BCUT2D eigenvalue weighted by Crippen LogP contribution is 2.37. The number of aromatic nitrogens is 3. The molecule has 2 aliphatic rings. The van der Waals surface area contributed by atoms with Crippen LogP contribution in [-0.2, 0) is 38.6 Å². The number of imide groups is 2. The number of hydrogen-bond acceptors (Lipinski definition) is 9. The summed E-state index contributed by atoms with van der Waals surface area (Å²) < 4.78 is 13.5. The Bertz CT molecular complexity index is 2150. The zero-order valence-corrected chi connectivity index (χ0v) is 26.6. The molecule has 48 heavy (non-hydrogen) atoms. The van der Waals surface area contributed by atoms with Crippen LogP contribution in [0.25, 0.3) is 21.9 Å². The number of benzene rings is 3. The van der Waals surface area contributed by atoms with E-state index in [2.05, 4.69) is 0 Å². The Morgan fingerprint density at radius 1 is 0.833 bits per heavy atom. The topological polar surface area (TPSA) is 141 Å². The predicted molar refractivity (Wildman–Crippen MR) is 174 cm³/mol. The molecule has 0 spiro atoms. The first-order valence-electron chi connectivity index (χ1n) is 15.6. The van der Waals surface area contributed by atoms with Crippen LogP contribution in [0.1, 0.15) is 63.2 Å². The van der Waals surface area contributed by atoms with Gasteiger partial charge in [-0.2, -0.15) is 0 Å². The number of fused-ring (bicyclic) bond motifs is 5. The summed E-state index contributed by atoms with van der Waals surface area (Å²) >= 11 is 0. The molecule has 242 valence electrons. The zero-order chi connectivity index (χ0) is 33.7. The molecule has 12 nitrogen and oxygen atoms in total. The molecule has 0 saturated carbocycles. The van der Waals surface area contributed by atoms with E-state index in [-0.39, 0.29) is 36.5 Å². The van der Waals surface area contributed by atoms with Gasteiger partial charge in [0.2, 0.25) is 5.91 Å². The average molecular weight is 646 g/mol. The number of carbonyl (C=O) groups excluding carboxylic acids is 5. The van der Waals surface area contributed by atoms with Crippen LogP contribution in [0.2, 0.25) is 0 Å². The Kier molecular flexibility index (Phi) is 7.59. The molecule has 4 heterocycles. The molecule has 5 aromatic rings. The standard InChI is InChI=1S/C36H31N5O7/c1-4-47-19-27-38-30-31(25-15-9-10-16-26(25)37-32(30)41-34(45)23-13-7-8-14-24(23)35(41)46)40(27)20-36(2,3)48-29(43)18-39-28(42)17-21-11-5-6-12-22(21)33(39)44/h5-16H,4,17-20H2,1-3H3. The van der Waals surface area contributed by atoms with E-state index in [1.807, 2.05) is 29.7 Å². The number of para-hydroxylation sites is 1. The molecule has 0 aliphatic carbocycles. The molecule has 12 heteroatoms. The molecule has 0 fully saturated rings. The van der Waals surface area contributed by atoms with Crippen LogP contribution in [0.15, 0.2) is 72.8 Å². The Hall–Kier alpha value is -5.75. The number of rotatable bonds is 9. The van der Waals surface area contributed by atoms with Gasteiger partial charge >= 0.3 is 5.97 Å². The fourth-order valence-corrected chi connectivity index (χ4v) is 6.32. The summed E-state index contributed by atoms with van der Waals surface area (Å²) in [5.41, 5.74) is 1.79. The molecule has 3 aromatic carbocycles. The quantitative estimate of drug-likeness (QED) is 0.168. The Morgan fingerprint density at radius 2 is 1.48 bits per heavy atom. The fourth-order valence-electron chi connectivity index (χ4n) is 6.32. The number of esters is 1. The van der Waals surface area contributed by atoms with Gasteiger partial charge in [-0.3, -0.25) is 28.9 Å². The third kappa shape index (κ3) is 5.20. The van der Waals surface area contributed by atoms with E-state index in [4.69, 9.17) is 19.4 Å². The van der Waals surface area contributed by atoms with Crippen LogP contribution >= 0.6 is 0 Å². The molecule has 2 aromatic heterocycles. The second-order valence-corrected chi connectivity index (χ2v) is 12.2. The smallest absolute Gasteiger partial charge is 0.326 e. The van der Waals surface area contributed by atoms with Crippen LogP contribution in [-0.4, -0.2) is 67.8 Å². The molecule has 2 aliphatic heterocycles. The minimum atomic E-state index is -1.18. The molecule has 0 atom stereocenters. The van der Waals surface area contributed by atoms with Crippen molar-refractivity contribution in [2.45, 2.75) is 45.9 Å². The van der Waals surface area contributed by atoms with E-state index in [0.717, 1.165) is 9.80 Å². The highest BCUT2D eigenvalue weighted by atomic mass is 16.6. The third-order valence-electron chi connectivity index (χ3n) is 8.44. The van der Waals surface area contributed by atoms with Gasteiger partial charge in [-0.1, -0.05) is 48.5 Å². The number of carbonyl (C=O) groups is 5. The van der Waals surface area contributed by atoms with Gasteiger partial charge in [0.1, 0.15) is 30.1 Å². The van der Waals surface area contributed by atoms with Crippen molar-refractivity contribution in [1.82, 2.24) is 19.4 Å². The summed E-state index contributed by atoms with van der Waals surface area (Å²) in [5, 5.41) is 0.702. The monoisotopic (exact) mass is 645 g/mol. The van der Waals surface area contributed by atoms with E-state index in [9.17, 15) is 24.0 Å². The number of anilines is 1. The summed E-state index contributed by atoms with van der Waals surface area (Å²) in [6.45, 7) is 5.30. The maximum Gasteiger partial charge on any atom is 0.326 e. The normalized spacial score (nSPS) is 14.6. The number of nitrogens with zero attached hydrogens (tertiary/aromatic N) is 5. The summed E-state index contributed by atoms with van der Waals surface area (Å²) in [5.74, 6) is -2.23. The number of amides is 4. The lowest BCUT2D eigenvalue weighted by Gasteiger charge is -2.30. The Labute approximate surface area is 274 Å². The number of ether oxygens (including phenoxy) is 2. The first-order chi connectivity index (χ1) is 23.1. The van der Waals surface area contributed by atoms with E-state index in [1.54, 1.807) is 68.4 Å². The van der Waals surface area contributed by atoms with E-state index in [1.165, 1.54) is 0 Å². The number of pyridine rings is 1. The fraction of sp³-hybridized carbons (Fsp3) is 0.250. The maximum atomic E-state index is 13.6. The average Bonchev–Trinajstić information content (AvgIpc) is 3.54. The SMILES string of the molecule is CCOCc1nc2c(N3C(=O)c4ccccc4C3=O)nc3ccccc3c2n1CC(C)(C)OC(=O)CN1C(=O)Cc2ccccc2C1=O. The number of imidazole rings is 1. The van der Waals surface area contributed by atoms with Crippen LogP contribution in [0.3, 0.4) is 0 Å². The van der Waals surface area contributed by atoms with Crippen molar-refractivity contribution < 1.29 is 33.4 Å². The minimum absolute atomic E-state index is 0.0109. The van der Waals surface area contributed by atoms with Crippen molar-refractivity contribution in [3.8, 4) is 0 Å². The predicted octanol–water partition coefficient (Wildman–Crippen LogP) is 4.47. The van der Waals surface area contributed by atoms with Crippen molar-refractivity contribution in [2.24, 2.45) is 0 Å². The molecule has 4 amide bonds. The zero-order valence-electron chi connectivity index (χ0n) is 26.6. The highest BCUT2D eigenvalue weighted by Gasteiger charge is 2.40. The van der Waals surface area contributed by atoms with Crippen molar-refractivity contribution in [2.75, 3.05) is 18.1 Å². The summed E-state index contributed by atoms with van der Waals surface area (Å²) in [6.07, 6.45) is 0.0109. The first-order valence-corrected chi connectivity index (χ1v) is 15.6. The van der Waals surface area contributed by atoms with E-state index in [0.29, 0.717) is 45.5 Å². The van der Waals surface area contributed by atoms with E-state index < -0.39 is 41.7 Å². The summed E-state index contributed by atoms with van der Waals surface area (Å²) in [7, 11) is 0. The lowest BCUT2D eigenvalue weighted by Crippen LogP contribution is -2.47.